The Morgan fingerprint density at radius 3 is 2.56 bits per heavy atom. The highest BCUT2D eigenvalue weighted by Gasteiger charge is 2.14. The molecule has 142 valence electrons. The monoisotopic (exact) mass is 363 g/mol. The Hall–Kier alpha value is -2.33. The zero-order valence-corrected chi connectivity index (χ0v) is 16.6. The van der Waals surface area contributed by atoms with Crippen LogP contribution in [0.5, 0.6) is 0 Å². The lowest BCUT2D eigenvalue weighted by atomic mass is 10.1. The maximum Gasteiger partial charge on any atom is 0.100 e. The molecule has 1 aliphatic heterocycles. The SMILES string of the molecule is CC(C)OC(C)Cc1ccc2c(c1)ncn2-c1cccc(N2CCCC2)c1. The Bertz CT molecular complexity index is 909. The quantitative estimate of drug-likeness (QED) is 0.619. The van der Waals surface area contributed by atoms with E-state index in [0.717, 1.165) is 30.5 Å². The first kappa shape index (κ1) is 18.1. The van der Waals surface area contributed by atoms with Gasteiger partial charge in [0.25, 0.3) is 0 Å². The number of hydrogen-bond acceptors (Lipinski definition) is 3. The van der Waals surface area contributed by atoms with Gasteiger partial charge in [0, 0.05) is 24.5 Å². The van der Waals surface area contributed by atoms with Crippen LogP contribution in [0.15, 0.2) is 48.8 Å². The molecule has 1 unspecified atom stereocenters. The fraction of sp³-hybridized carbons (Fsp3) is 0.435. The van der Waals surface area contributed by atoms with Crippen molar-refractivity contribution in [2.45, 2.75) is 52.2 Å². The lowest BCUT2D eigenvalue weighted by Gasteiger charge is -2.18. The van der Waals surface area contributed by atoms with Gasteiger partial charge in [-0.05, 0) is 75.9 Å². The van der Waals surface area contributed by atoms with Gasteiger partial charge in [0.2, 0.25) is 0 Å². The molecule has 0 aliphatic carbocycles. The van der Waals surface area contributed by atoms with Gasteiger partial charge in [-0.2, -0.15) is 0 Å². The molecule has 0 bridgehead atoms. The number of rotatable bonds is 6. The summed E-state index contributed by atoms with van der Waals surface area (Å²) in [6.45, 7) is 8.62. The van der Waals surface area contributed by atoms with E-state index in [1.807, 2.05) is 6.33 Å². The lowest BCUT2D eigenvalue weighted by Crippen LogP contribution is -2.17. The first-order valence-electron chi connectivity index (χ1n) is 10.1. The number of fused-ring (bicyclic) bond motifs is 1. The summed E-state index contributed by atoms with van der Waals surface area (Å²) in [7, 11) is 0. The van der Waals surface area contributed by atoms with Gasteiger partial charge in [-0.1, -0.05) is 12.1 Å². The Balaban J connectivity index is 1.59. The molecule has 4 rings (SSSR count). The predicted molar refractivity (Wildman–Crippen MR) is 112 cm³/mol. The summed E-state index contributed by atoms with van der Waals surface area (Å²) in [6.07, 6.45) is 5.89. The van der Waals surface area contributed by atoms with Gasteiger partial charge in [-0.15, -0.1) is 0 Å². The van der Waals surface area contributed by atoms with Crippen molar-refractivity contribution in [3.05, 3.63) is 54.4 Å². The third kappa shape index (κ3) is 4.01. The van der Waals surface area contributed by atoms with Gasteiger partial charge in [0.15, 0.2) is 0 Å². The summed E-state index contributed by atoms with van der Waals surface area (Å²) in [6, 6.07) is 15.4. The molecular weight excluding hydrogens is 334 g/mol. The van der Waals surface area contributed by atoms with Crippen LogP contribution in [0.2, 0.25) is 0 Å². The molecule has 4 nitrogen and oxygen atoms in total. The van der Waals surface area contributed by atoms with Crippen molar-refractivity contribution < 1.29 is 4.74 Å². The van der Waals surface area contributed by atoms with Gasteiger partial charge >= 0.3 is 0 Å². The van der Waals surface area contributed by atoms with Crippen LogP contribution in [0.25, 0.3) is 16.7 Å². The normalized spacial score (nSPS) is 15.8. The fourth-order valence-corrected chi connectivity index (χ4v) is 4.05. The van der Waals surface area contributed by atoms with Gasteiger partial charge < -0.3 is 9.64 Å². The Kier molecular flexibility index (Phi) is 5.17. The van der Waals surface area contributed by atoms with Crippen molar-refractivity contribution in [1.29, 1.82) is 0 Å². The molecule has 1 atom stereocenters. The molecule has 1 saturated heterocycles. The molecule has 3 aromatic rings. The van der Waals surface area contributed by atoms with E-state index in [1.54, 1.807) is 0 Å². The second-order valence-electron chi connectivity index (χ2n) is 7.85. The van der Waals surface area contributed by atoms with E-state index in [2.05, 4.69) is 77.7 Å². The summed E-state index contributed by atoms with van der Waals surface area (Å²) in [5.41, 5.74) is 5.94. The Morgan fingerprint density at radius 2 is 1.78 bits per heavy atom. The van der Waals surface area contributed by atoms with Crippen LogP contribution < -0.4 is 4.90 Å². The van der Waals surface area contributed by atoms with Crippen molar-refractivity contribution in [1.82, 2.24) is 9.55 Å². The van der Waals surface area contributed by atoms with E-state index in [0.29, 0.717) is 0 Å². The van der Waals surface area contributed by atoms with Crippen molar-refractivity contribution in [3.63, 3.8) is 0 Å². The Labute approximate surface area is 161 Å². The smallest absolute Gasteiger partial charge is 0.100 e. The number of ether oxygens (including phenoxy) is 1. The minimum Gasteiger partial charge on any atom is -0.376 e. The highest BCUT2D eigenvalue weighted by molar-refractivity contribution is 5.78. The zero-order valence-electron chi connectivity index (χ0n) is 16.6. The number of hydrogen-bond donors (Lipinski definition) is 0. The van der Waals surface area contributed by atoms with Crippen LogP contribution in [0.1, 0.15) is 39.2 Å². The highest BCUT2D eigenvalue weighted by atomic mass is 16.5. The molecule has 0 amide bonds. The van der Waals surface area contributed by atoms with Crippen LogP contribution in [0, 0.1) is 0 Å². The van der Waals surface area contributed by atoms with Crippen molar-refractivity contribution in [2.24, 2.45) is 0 Å². The second-order valence-corrected chi connectivity index (χ2v) is 7.85. The molecule has 0 saturated carbocycles. The average molecular weight is 364 g/mol. The van der Waals surface area contributed by atoms with Crippen molar-refractivity contribution >= 4 is 16.7 Å². The van der Waals surface area contributed by atoms with Crippen LogP contribution in [0.4, 0.5) is 5.69 Å². The van der Waals surface area contributed by atoms with E-state index in [-0.39, 0.29) is 12.2 Å². The molecule has 0 radical (unpaired) electrons. The molecule has 0 N–H and O–H groups in total. The minimum absolute atomic E-state index is 0.210. The number of imidazole rings is 1. The van der Waals surface area contributed by atoms with Gasteiger partial charge in [-0.25, -0.2) is 4.98 Å². The third-order valence-electron chi connectivity index (χ3n) is 5.22. The van der Waals surface area contributed by atoms with Crippen LogP contribution in [-0.4, -0.2) is 34.8 Å². The second kappa shape index (κ2) is 7.73. The highest BCUT2D eigenvalue weighted by Crippen LogP contribution is 2.25. The van der Waals surface area contributed by atoms with Crippen molar-refractivity contribution in [2.75, 3.05) is 18.0 Å². The summed E-state index contributed by atoms with van der Waals surface area (Å²) in [4.78, 5) is 7.13. The first-order chi connectivity index (χ1) is 13.1. The van der Waals surface area contributed by atoms with Gasteiger partial charge in [0.1, 0.15) is 6.33 Å². The van der Waals surface area contributed by atoms with Crippen LogP contribution in [-0.2, 0) is 11.2 Å². The fourth-order valence-electron chi connectivity index (χ4n) is 4.05. The summed E-state index contributed by atoms with van der Waals surface area (Å²) in [5.74, 6) is 0. The largest absolute Gasteiger partial charge is 0.376 e. The molecule has 0 spiro atoms. The molecular formula is C23H29N3O. The van der Waals surface area contributed by atoms with E-state index in [4.69, 9.17) is 4.74 Å². The van der Waals surface area contributed by atoms with Crippen LogP contribution in [0.3, 0.4) is 0 Å². The van der Waals surface area contributed by atoms with E-state index >= 15 is 0 Å². The molecule has 2 heterocycles. The molecule has 1 fully saturated rings. The van der Waals surface area contributed by atoms with Gasteiger partial charge in [0.05, 0.1) is 23.2 Å². The molecule has 4 heteroatoms. The number of aromatic nitrogens is 2. The topological polar surface area (TPSA) is 30.3 Å². The molecule has 2 aromatic carbocycles. The maximum absolute atomic E-state index is 5.87. The standard InChI is InChI=1S/C23H29N3O/c1-17(2)27-18(3)13-19-9-10-23-22(14-19)24-16-26(23)21-8-6-7-20(15-21)25-11-4-5-12-25/h6-10,14-18H,4-5,11-13H2,1-3H3. The molecule has 1 aromatic heterocycles. The number of anilines is 1. The predicted octanol–water partition coefficient (Wildman–Crippen LogP) is 4.98. The zero-order chi connectivity index (χ0) is 18.8. The minimum atomic E-state index is 0.210. The van der Waals surface area contributed by atoms with E-state index in [9.17, 15) is 0 Å². The van der Waals surface area contributed by atoms with Crippen LogP contribution >= 0.6 is 0 Å². The summed E-state index contributed by atoms with van der Waals surface area (Å²) >= 11 is 0. The summed E-state index contributed by atoms with van der Waals surface area (Å²) < 4.78 is 8.06. The average Bonchev–Trinajstić information content (AvgIpc) is 3.31. The van der Waals surface area contributed by atoms with Crippen molar-refractivity contribution in [3.8, 4) is 5.69 Å². The van der Waals surface area contributed by atoms with E-state index in [1.165, 1.54) is 29.8 Å². The van der Waals surface area contributed by atoms with Gasteiger partial charge in [-0.3, -0.25) is 4.57 Å². The molecule has 27 heavy (non-hydrogen) atoms. The lowest BCUT2D eigenvalue weighted by molar-refractivity contribution is 0.0195. The third-order valence-corrected chi connectivity index (χ3v) is 5.22. The number of benzene rings is 2. The van der Waals surface area contributed by atoms with E-state index < -0.39 is 0 Å². The maximum atomic E-state index is 5.87. The first-order valence-corrected chi connectivity index (χ1v) is 10.1. The molecule has 1 aliphatic rings. The number of nitrogens with zero attached hydrogens (tertiary/aromatic N) is 3. The summed E-state index contributed by atoms with van der Waals surface area (Å²) in [5, 5.41) is 0. The Morgan fingerprint density at radius 1 is 1.00 bits per heavy atom.